The van der Waals surface area contributed by atoms with Crippen LogP contribution in [0.15, 0.2) is 54.1 Å². The van der Waals surface area contributed by atoms with Crippen LogP contribution >= 0.6 is 23.2 Å². The summed E-state index contributed by atoms with van der Waals surface area (Å²) >= 11 is 12.9. The van der Waals surface area contributed by atoms with Gasteiger partial charge in [-0.15, -0.1) is 0 Å². The third-order valence-corrected chi connectivity index (χ3v) is 7.76. The number of carbonyl (C=O) groups is 2. The normalized spacial score (nSPS) is 18.0. The molecule has 10 heteroatoms. The minimum Gasteiger partial charge on any atom is -0.507 e. The number of hydrogen-bond donors (Lipinski definition) is 1. The number of benzene rings is 3. The Kier molecular flexibility index (Phi) is 7.57. The lowest BCUT2D eigenvalue weighted by molar-refractivity contribution is -0.132. The third-order valence-electron chi connectivity index (χ3n) is 7.14. The molecule has 1 unspecified atom stereocenters. The largest absolute Gasteiger partial charge is 0.507 e. The maximum absolute atomic E-state index is 13.7. The highest BCUT2D eigenvalue weighted by molar-refractivity contribution is 6.52. The van der Waals surface area contributed by atoms with Gasteiger partial charge in [-0.2, -0.15) is 0 Å². The monoisotopic (exact) mass is 597 g/mol. The van der Waals surface area contributed by atoms with E-state index in [1.54, 1.807) is 18.2 Å². The Labute approximate surface area is 248 Å². The van der Waals surface area contributed by atoms with Gasteiger partial charge in [0.15, 0.2) is 23.0 Å². The number of aliphatic hydroxyl groups is 1. The molecule has 3 aromatic carbocycles. The number of halogens is 2. The molecule has 0 aliphatic carbocycles. The molecule has 0 aromatic heterocycles. The van der Waals surface area contributed by atoms with Gasteiger partial charge < -0.3 is 24.1 Å². The second-order valence-corrected chi connectivity index (χ2v) is 11.4. The number of ketones is 1. The lowest BCUT2D eigenvalue weighted by Gasteiger charge is -2.28. The molecule has 41 heavy (non-hydrogen) atoms. The Hall–Kier alpha value is -3.88. The number of amides is 1. The van der Waals surface area contributed by atoms with Crippen LogP contribution in [0.3, 0.4) is 0 Å². The van der Waals surface area contributed by atoms with Crippen molar-refractivity contribution in [3.8, 4) is 23.0 Å². The number of aliphatic hydroxyl groups excluding tert-OH is 1. The third kappa shape index (κ3) is 4.96. The van der Waals surface area contributed by atoms with Crippen molar-refractivity contribution >= 4 is 46.3 Å². The molecular weight excluding hydrogens is 569 g/mol. The van der Waals surface area contributed by atoms with E-state index in [4.69, 9.17) is 42.1 Å². The van der Waals surface area contributed by atoms with Gasteiger partial charge in [0, 0.05) is 11.8 Å². The summed E-state index contributed by atoms with van der Waals surface area (Å²) in [5.41, 5.74) is 1.84. The van der Waals surface area contributed by atoms with Crippen LogP contribution in [0.4, 0.5) is 5.69 Å². The Morgan fingerprint density at radius 1 is 0.927 bits per heavy atom. The average molecular weight is 598 g/mol. The fraction of sp³-hybridized carbons (Fsp3) is 0.290. The van der Waals surface area contributed by atoms with Gasteiger partial charge in [0.05, 0.1) is 36.4 Å². The van der Waals surface area contributed by atoms with Crippen LogP contribution in [0.1, 0.15) is 43.5 Å². The van der Waals surface area contributed by atoms with E-state index in [2.05, 4.69) is 20.8 Å². The quantitative estimate of drug-likeness (QED) is 0.198. The van der Waals surface area contributed by atoms with Gasteiger partial charge in [0.25, 0.3) is 11.7 Å². The SMILES string of the molecule is COc1c(Cl)cc(/C(O)=C2\C(=O)C(=O)N(c3ccc4c(c3)OCCO4)C2c2ccc(C(C)(C)C)cc2)c(OC)c1Cl. The zero-order valence-corrected chi connectivity index (χ0v) is 24.7. The summed E-state index contributed by atoms with van der Waals surface area (Å²) in [7, 11) is 2.76. The van der Waals surface area contributed by atoms with Crippen molar-refractivity contribution < 1.29 is 33.6 Å². The van der Waals surface area contributed by atoms with E-state index in [1.807, 2.05) is 24.3 Å². The number of Topliss-reactive ketones (excluding diaryl/α,β-unsaturated/α-hetero) is 1. The fourth-order valence-electron chi connectivity index (χ4n) is 5.05. The minimum absolute atomic E-state index is 0.0104. The van der Waals surface area contributed by atoms with Crippen molar-refractivity contribution in [3.63, 3.8) is 0 Å². The molecule has 1 amide bonds. The number of nitrogens with zero attached hydrogens (tertiary/aromatic N) is 1. The number of rotatable bonds is 5. The van der Waals surface area contributed by atoms with Crippen molar-refractivity contribution in [1.82, 2.24) is 0 Å². The van der Waals surface area contributed by atoms with Crippen molar-refractivity contribution in [2.24, 2.45) is 0 Å². The summed E-state index contributed by atoms with van der Waals surface area (Å²) in [6.07, 6.45) is 0. The highest BCUT2D eigenvalue weighted by atomic mass is 35.5. The predicted octanol–water partition coefficient (Wildman–Crippen LogP) is 6.71. The standard InChI is InChI=1S/C31H29Cl2NO7/c1-31(2,3)17-8-6-16(7-9-17)25-23(26(35)19-15-20(32)29(39-5)24(33)28(19)38-4)27(36)30(37)34(25)18-10-11-21-22(14-18)41-13-12-40-21/h6-11,14-15,25,35H,12-13H2,1-5H3/b26-23+. The maximum atomic E-state index is 13.7. The van der Waals surface area contributed by atoms with Gasteiger partial charge in [-0.05, 0) is 34.7 Å². The van der Waals surface area contributed by atoms with Crippen molar-refractivity contribution in [2.45, 2.75) is 32.2 Å². The summed E-state index contributed by atoms with van der Waals surface area (Å²) in [5, 5.41) is 11.8. The lowest BCUT2D eigenvalue weighted by Crippen LogP contribution is -2.29. The number of anilines is 1. The van der Waals surface area contributed by atoms with Crippen LogP contribution in [0.5, 0.6) is 23.0 Å². The summed E-state index contributed by atoms with van der Waals surface area (Å²) in [5.74, 6) is -1.02. The molecule has 0 spiro atoms. The second-order valence-electron chi connectivity index (χ2n) is 10.7. The molecule has 2 heterocycles. The van der Waals surface area contributed by atoms with E-state index in [1.165, 1.54) is 25.2 Å². The smallest absolute Gasteiger partial charge is 0.300 e. The minimum atomic E-state index is -0.990. The number of ether oxygens (including phenoxy) is 4. The number of fused-ring (bicyclic) bond motifs is 1. The van der Waals surface area contributed by atoms with Gasteiger partial charge in [-0.25, -0.2) is 0 Å². The van der Waals surface area contributed by atoms with Crippen LogP contribution in [0.2, 0.25) is 10.0 Å². The molecule has 0 saturated carbocycles. The highest BCUT2D eigenvalue weighted by Gasteiger charge is 2.47. The first-order valence-electron chi connectivity index (χ1n) is 12.9. The molecule has 1 fully saturated rings. The van der Waals surface area contributed by atoms with E-state index < -0.39 is 23.5 Å². The first-order chi connectivity index (χ1) is 19.5. The maximum Gasteiger partial charge on any atom is 0.300 e. The Balaban J connectivity index is 1.75. The number of hydrogen-bond acceptors (Lipinski definition) is 7. The van der Waals surface area contributed by atoms with Gasteiger partial charge in [0.2, 0.25) is 0 Å². The van der Waals surface area contributed by atoms with Gasteiger partial charge in [0.1, 0.15) is 24.0 Å². The number of carbonyl (C=O) groups excluding carboxylic acids is 2. The van der Waals surface area contributed by atoms with E-state index in [0.29, 0.717) is 36.0 Å². The Morgan fingerprint density at radius 2 is 1.56 bits per heavy atom. The zero-order chi connectivity index (χ0) is 29.6. The molecule has 0 bridgehead atoms. The van der Waals surface area contributed by atoms with E-state index in [0.717, 1.165) is 5.56 Å². The van der Waals surface area contributed by atoms with E-state index in [-0.39, 0.29) is 38.1 Å². The van der Waals surface area contributed by atoms with Gasteiger partial charge in [-0.1, -0.05) is 68.2 Å². The summed E-state index contributed by atoms with van der Waals surface area (Å²) in [6.45, 7) is 7.03. The Morgan fingerprint density at radius 3 is 2.17 bits per heavy atom. The molecule has 1 saturated heterocycles. The average Bonchev–Trinajstić information content (AvgIpc) is 3.22. The predicted molar refractivity (Wildman–Crippen MR) is 157 cm³/mol. The van der Waals surface area contributed by atoms with E-state index in [9.17, 15) is 14.7 Å². The van der Waals surface area contributed by atoms with Crippen LogP contribution in [-0.2, 0) is 15.0 Å². The van der Waals surface area contributed by atoms with Gasteiger partial charge >= 0.3 is 0 Å². The molecule has 2 aliphatic rings. The van der Waals surface area contributed by atoms with Gasteiger partial charge in [-0.3, -0.25) is 14.5 Å². The zero-order valence-electron chi connectivity index (χ0n) is 23.2. The topological polar surface area (TPSA) is 94.5 Å². The first-order valence-corrected chi connectivity index (χ1v) is 13.6. The lowest BCUT2D eigenvalue weighted by atomic mass is 9.85. The van der Waals surface area contributed by atoms with Crippen LogP contribution < -0.4 is 23.8 Å². The number of methoxy groups -OCH3 is 2. The molecule has 3 aromatic rings. The second kappa shape index (κ2) is 10.8. The molecule has 5 rings (SSSR count). The molecule has 2 aliphatic heterocycles. The van der Waals surface area contributed by atoms with Crippen molar-refractivity contribution in [2.75, 3.05) is 32.3 Å². The molecule has 8 nitrogen and oxygen atoms in total. The van der Waals surface area contributed by atoms with Crippen LogP contribution in [0.25, 0.3) is 5.76 Å². The highest BCUT2D eigenvalue weighted by Crippen LogP contribution is 2.49. The molecule has 1 N–H and O–H groups in total. The molecule has 0 radical (unpaired) electrons. The summed E-state index contributed by atoms with van der Waals surface area (Å²) in [4.78, 5) is 28.7. The van der Waals surface area contributed by atoms with E-state index >= 15 is 0 Å². The molecule has 214 valence electrons. The fourth-order valence-corrected chi connectivity index (χ4v) is 5.74. The molecule has 1 atom stereocenters. The summed E-state index contributed by atoms with van der Waals surface area (Å²) in [6, 6.07) is 13.0. The summed E-state index contributed by atoms with van der Waals surface area (Å²) < 4.78 is 22.1. The Bertz CT molecular complexity index is 1570. The molecular formula is C31H29Cl2NO7. The van der Waals surface area contributed by atoms with Crippen LogP contribution in [-0.4, -0.2) is 44.2 Å². The first kappa shape index (κ1) is 28.6. The van der Waals surface area contributed by atoms with Crippen molar-refractivity contribution in [3.05, 3.63) is 80.8 Å². The van der Waals surface area contributed by atoms with Crippen LogP contribution in [0, 0.1) is 0 Å². The van der Waals surface area contributed by atoms with Crippen molar-refractivity contribution in [1.29, 1.82) is 0 Å².